The van der Waals surface area contributed by atoms with E-state index in [1.165, 1.54) is 0 Å². The van der Waals surface area contributed by atoms with Crippen LogP contribution in [0.15, 0.2) is 60.7 Å². The summed E-state index contributed by atoms with van der Waals surface area (Å²) in [5.74, 6) is 2.19. The number of H-pyrrole nitrogens is 1. The maximum Gasteiger partial charge on any atom is 0.198 e. The summed E-state index contributed by atoms with van der Waals surface area (Å²) >= 11 is 0. The molecule has 0 unspecified atom stereocenters. The number of hydrogen-bond acceptors (Lipinski definition) is 5. The molecule has 2 aromatic heterocycles. The quantitative estimate of drug-likeness (QED) is 0.608. The van der Waals surface area contributed by atoms with Gasteiger partial charge in [0.15, 0.2) is 11.6 Å². The van der Waals surface area contributed by atoms with Gasteiger partial charge in [-0.2, -0.15) is 0 Å². The van der Waals surface area contributed by atoms with E-state index in [4.69, 9.17) is 14.7 Å². The van der Waals surface area contributed by atoms with Crippen molar-refractivity contribution in [3.63, 3.8) is 0 Å². The first kappa shape index (κ1) is 16.0. The number of hydrogen-bond donors (Lipinski definition) is 1. The van der Waals surface area contributed by atoms with Gasteiger partial charge in [-0.1, -0.05) is 42.5 Å². The average Bonchev–Trinajstić information content (AvgIpc) is 3.19. The van der Waals surface area contributed by atoms with Crippen molar-refractivity contribution in [2.75, 3.05) is 31.2 Å². The van der Waals surface area contributed by atoms with Crippen molar-refractivity contribution in [3.05, 3.63) is 60.7 Å². The fourth-order valence-corrected chi connectivity index (χ4v) is 3.31. The number of fused-ring (bicyclic) bond motifs is 1. The minimum absolute atomic E-state index is 0.606. The Balaban J connectivity index is 1.65. The van der Waals surface area contributed by atoms with Gasteiger partial charge in [0.05, 0.1) is 29.9 Å². The second-order valence-corrected chi connectivity index (χ2v) is 6.50. The zero-order chi connectivity index (χ0) is 18.1. The molecule has 0 aliphatic carbocycles. The number of benzene rings is 2. The Hall–Kier alpha value is -3.25. The van der Waals surface area contributed by atoms with Crippen molar-refractivity contribution in [3.8, 4) is 22.9 Å². The molecule has 1 N–H and O–H groups in total. The van der Waals surface area contributed by atoms with E-state index in [0.717, 1.165) is 41.2 Å². The van der Waals surface area contributed by atoms with Crippen LogP contribution in [0.2, 0.25) is 0 Å². The molecule has 6 heteroatoms. The van der Waals surface area contributed by atoms with Gasteiger partial charge in [0.25, 0.3) is 0 Å². The SMILES string of the molecule is c1ccc(-c2cc(N3CCOCC3)nc(-c3nc4ccccc4[nH]3)n2)cc1. The van der Waals surface area contributed by atoms with Crippen LogP contribution in [0.1, 0.15) is 0 Å². The Morgan fingerprint density at radius 2 is 1.63 bits per heavy atom. The summed E-state index contributed by atoms with van der Waals surface area (Å²) in [5.41, 5.74) is 3.84. The Morgan fingerprint density at radius 3 is 2.44 bits per heavy atom. The predicted molar refractivity (Wildman–Crippen MR) is 106 cm³/mol. The summed E-state index contributed by atoms with van der Waals surface area (Å²) < 4.78 is 5.49. The van der Waals surface area contributed by atoms with Crippen molar-refractivity contribution in [2.45, 2.75) is 0 Å². The number of morpholine rings is 1. The van der Waals surface area contributed by atoms with E-state index in [0.29, 0.717) is 24.9 Å². The Bertz CT molecular complexity index is 1040. The van der Waals surface area contributed by atoms with Crippen LogP contribution in [0.5, 0.6) is 0 Å². The van der Waals surface area contributed by atoms with Crippen LogP contribution >= 0.6 is 0 Å². The summed E-state index contributed by atoms with van der Waals surface area (Å²) in [6, 6.07) is 20.2. The van der Waals surface area contributed by atoms with E-state index < -0.39 is 0 Å². The lowest BCUT2D eigenvalue weighted by molar-refractivity contribution is 0.122. The number of nitrogens with one attached hydrogen (secondary N) is 1. The fourth-order valence-electron chi connectivity index (χ4n) is 3.31. The topological polar surface area (TPSA) is 66.9 Å². The zero-order valence-electron chi connectivity index (χ0n) is 14.8. The Kier molecular flexibility index (Phi) is 4.03. The van der Waals surface area contributed by atoms with Gasteiger partial charge in [-0.15, -0.1) is 0 Å². The van der Waals surface area contributed by atoms with Crippen molar-refractivity contribution in [1.82, 2.24) is 19.9 Å². The molecule has 27 heavy (non-hydrogen) atoms. The highest BCUT2D eigenvalue weighted by atomic mass is 16.5. The van der Waals surface area contributed by atoms with Gasteiger partial charge in [0.1, 0.15) is 5.82 Å². The number of imidazole rings is 1. The first-order valence-electron chi connectivity index (χ1n) is 9.09. The molecule has 6 nitrogen and oxygen atoms in total. The van der Waals surface area contributed by atoms with Crippen LogP contribution in [-0.2, 0) is 4.74 Å². The summed E-state index contributed by atoms with van der Waals surface area (Å²) in [6.45, 7) is 3.07. The molecule has 3 heterocycles. The number of ether oxygens (including phenoxy) is 1. The lowest BCUT2D eigenvalue weighted by Crippen LogP contribution is -2.36. The molecule has 134 valence electrons. The van der Waals surface area contributed by atoms with Crippen LogP contribution in [0, 0.1) is 0 Å². The molecule has 1 fully saturated rings. The monoisotopic (exact) mass is 357 g/mol. The molecule has 0 spiro atoms. The molecule has 4 aromatic rings. The van der Waals surface area contributed by atoms with Crippen LogP contribution in [-0.4, -0.2) is 46.2 Å². The highest BCUT2D eigenvalue weighted by Gasteiger charge is 2.17. The van der Waals surface area contributed by atoms with E-state index in [2.05, 4.69) is 27.0 Å². The Labute approximate surface area is 156 Å². The smallest absolute Gasteiger partial charge is 0.198 e. The number of aromatic amines is 1. The number of anilines is 1. The first-order chi connectivity index (χ1) is 13.4. The Morgan fingerprint density at radius 1 is 0.852 bits per heavy atom. The maximum atomic E-state index is 5.49. The summed E-state index contributed by atoms with van der Waals surface area (Å²) in [5, 5.41) is 0. The molecule has 0 bridgehead atoms. The molecule has 1 saturated heterocycles. The van der Waals surface area contributed by atoms with Gasteiger partial charge >= 0.3 is 0 Å². The molecular formula is C21H19N5O. The van der Waals surface area contributed by atoms with Crippen molar-refractivity contribution in [1.29, 1.82) is 0 Å². The first-order valence-corrected chi connectivity index (χ1v) is 9.09. The molecule has 1 aliphatic heterocycles. The minimum atomic E-state index is 0.606. The number of aromatic nitrogens is 4. The molecular weight excluding hydrogens is 338 g/mol. The third-order valence-corrected chi connectivity index (χ3v) is 4.72. The summed E-state index contributed by atoms with van der Waals surface area (Å²) in [7, 11) is 0. The number of para-hydroxylation sites is 2. The second-order valence-electron chi connectivity index (χ2n) is 6.50. The minimum Gasteiger partial charge on any atom is -0.378 e. The number of nitrogens with zero attached hydrogens (tertiary/aromatic N) is 4. The molecule has 5 rings (SSSR count). The summed E-state index contributed by atoms with van der Waals surface area (Å²) in [6.07, 6.45) is 0. The zero-order valence-corrected chi connectivity index (χ0v) is 14.8. The molecule has 0 atom stereocenters. The van der Waals surface area contributed by atoms with Gasteiger partial charge < -0.3 is 14.6 Å². The van der Waals surface area contributed by atoms with Gasteiger partial charge in [-0.05, 0) is 12.1 Å². The molecule has 1 aliphatic rings. The predicted octanol–water partition coefficient (Wildman–Crippen LogP) is 3.52. The largest absolute Gasteiger partial charge is 0.378 e. The molecule has 2 aromatic carbocycles. The lowest BCUT2D eigenvalue weighted by atomic mass is 10.1. The van der Waals surface area contributed by atoms with Crippen molar-refractivity contribution >= 4 is 16.9 Å². The van der Waals surface area contributed by atoms with Gasteiger partial charge in [0.2, 0.25) is 0 Å². The molecule has 0 amide bonds. The van der Waals surface area contributed by atoms with Crippen molar-refractivity contribution < 1.29 is 4.74 Å². The molecule has 0 saturated carbocycles. The standard InChI is InChI=1S/C21H19N5O/c1-2-6-15(7-3-1)18-14-19(26-10-12-27-13-11-26)25-21(24-18)20-22-16-8-4-5-9-17(16)23-20/h1-9,14H,10-13H2,(H,22,23). The van der Waals surface area contributed by atoms with E-state index in [-0.39, 0.29) is 0 Å². The second kappa shape index (κ2) is 6.81. The van der Waals surface area contributed by atoms with E-state index in [1.54, 1.807) is 0 Å². The highest BCUT2D eigenvalue weighted by molar-refractivity contribution is 5.78. The van der Waals surface area contributed by atoms with E-state index >= 15 is 0 Å². The lowest BCUT2D eigenvalue weighted by Gasteiger charge is -2.28. The van der Waals surface area contributed by atoms with Gasteiger partial charge in [-0.25, -0.2) is 15.0 Å². The number of rotatable bonds is 3. The van der Waals surface area contributed by atoms with Crippen LogP contribution in [0.4, 0.5) is 5.82 Å². The van der Waals surface area contributed by atoms with Crippen molar-refractivity contribution in [2.24, 2.45) is 0 Å². The van der Waals surface area contributed by atoms with Crippen LogP contribution in [0.25, 0.3) is 33.9 Å². The highest BCUT2D eigenvalue weighted by Crippen LogP contribution is 2.26. The third kappa shape index (κ3) is 3.15. The molecule has 0 radical (unpaired) electrons. The third-order valence-electron chi connectivity index (χ3n) is 4.72. The summed E-state index contributed by atoms with van der Waals surface area (Å²) in [4.78, 5) is 19.9. The van der Waals surface area contributed by atoms with Crippen LogP contribution in [0.3, 0.4) is 0 Å². The van der Waals surface area contributed by atoms with Gasteiger partial charge in [-0.3, -0.25) is 0 Å². The van der Waals surface area contributed by atoms with Gasteiger partial charge in [0, 0.05) is 24.7 Å². The van der Waals surface area contributed by atoms with E-state index in [1.807, 2.05) is 48.5 Å². The van der Waals surface area contributed by atoms with Crippen LogP contribution < -0.4 is 4.90 Å². The average molecular weight is 357 g/mol. The maximum absolute atomic E-state index is 5.49. The fraction of sp³-hybridized carbons (Fsp3) is 0.190. The normalized spacial score (nSPS) is 14.6. The van der Waals surface area contributed by atoms with E-state index in [9.17, 15) is 0 Å².